The van der Waals surface area contributed by atoms with Crippen LogP contribution in [0.25, 0.3) is 16.6 Å². The van der Waals surface area contributed by atoms with E-state index < -0.39 is 17.2 Å². The van der Waals surface area contributed by atoms with Gasteiger partial charge in [0.25, 0.3) is 5.56 Å². The Labute approximate surface area is 141 Å². The summed E-state index contributed by atoms with van der Waals surface area (Å²) in [5, 5.41) is 0.0330. The van der Waals surface area contributed by atoms with Crippen molar-refractivity contribution >= 4 is 10.9 Å². The van der Waals surface area contributed by atoms with E-state index in [0.29, 0.717) is 12.2 Å². The third-order valence-electron chi connectivity index (χ3n) is 4.01. The Balaban J connectivity index is 1.66. The molecular formula is C19H13F2N3O. The predicted molar refractivity (Wildman–Crippen MR) is 90.9 cm³/mol. The second kappa shape index (κ2) is 5.98. The zero-order valence-electron chi connectivity index (χ0n) is 13.0. The maximum Gasteiger partial charge on any atom is 0.258 e. The van der Waals surface area contributed by atoms with Crippen molar-refractivity contribution in [1.82, 2.24) is 14.5 Å². The Kier molecular flexibility index (Phi) is 3.65. The van der Waals surface area contributed by atoms with Gasteiger partial charge in [-0.1, -0.05) is 12.1 Å². The van der Waals surface area contributed by atoms with Gasteiger partial charge in [-0.25, -0.2) is 13.8 Å². The van der Waals surface area contributed by atoms with Crippen molar-refractivity contribution in [2.24, 2.45) is 0 Å². The van der Waals surface area contributed by atoms with Crippen LogP contribution in [0.4, 0.5) is 8.78 Å². The van der Waals surface area contributed by atoms with Crippen molar-refractivity contribution < 1.29 is 8.78 Å². The fraction of sp³-hybridized carbons (Fsp3) is 0.0526. The lowest BCUT2D eigenvalue weighted by atomic mass is 10.1. The smallest absolute Gasteiger partial charge is 0.258 e. The number of aromatic amines is 1. The minimum absolute atomic E-state index is 0.0330. The van der Waals surface area contributed by atoms with Gasteiger partial charge >= 0.3 is 0 Å². The van der Waals surface area contributed by atoms with Crippen molar-refractivity contribution in [1.29, 1.82) is 0 Å². The van der Waals surface area contributed by atoms with E-state index in [1.165, 1.54) is 0 Å². The summed E-state index contributed by atoms with van der Waals surface area (Å²) in [7, 11) is 0. The highest BCUT2D eigenvalue weighted by Crippen LogP contribution is 2.15. The highest BCUT2D eigenvalue weighted by molar-refractivity contribution is 5.77. The zero-order valence-corrected chi connectivity index (χ0v) is 13.0. The fourth-order valence-corrected chi connectivity index (χ4v) is 2.75. The number of halogens is 2. The first-order valence-electron chi connectivity index (χ1n) is 7.70. The topological polar surface area (TPSA) is 50.7 Å². The summed E-state index contributed by atoms with van der Waals surface area (Å²) in [5.74, 6) is -1.68. The molecule has 0 atom stereocenters. The first-order valence-corrected chi connectivity index (χ1v) is 7.70. The molecule has 0 amide bonds. The monoisotopic (exact) mass is 337 g/mol. The van der Waals surface area contributed by atoms with Crippen LogP contribution in [0, 0.1) is 11.6 Å². The Bertz CT molecular complexity index is 1100. The number of aromatic nitrogens is 3. The van der Waals surface area contributed by atoms with Gasteiger partial charge in [0.2, 0.25) is 0 Å². The molecule has 4 rings (SSSR count). The van der Waals surface area contributed by atoms with E-state index in [-0.39, 0.29) is 10.9 Å². The summed E-state index contributed by atoms with van der Waals surface area (Å²) in [6.45, 7) is 0. The zero-order chi connectivity index (χ0) is 17.4. The van der Waals surface area contributed by atoms with Crippen molar-refractivity contribution in [2.75, 3.05) is 0 Å². The number of H-pyrrole nitrogens is 1. The van der Waals surface area contributed by atoms with Crippen molar-refractivity contribution in [2.45, 2.75) is 6.42 Å². The molecule has 4 aromatic rings. The molecule has 2 aromatic carbocycles. The highest BCUT2D eigenvalue weighted by Gasteiger charge is 2.10. The second-order valence-corrected chi connectivity index (χ2v) is 5.73. The number of nitrogens with one attached hydrogen (secondary N) is 1. The van der Waals surface area contributed by atoms with Crippen LogP contribution >= 0.6 is 0 Å². The number of benzene rings is 2. The number of nitrogens with zero attached hydrogens (tertiary/aromatic N) is 2. The quantitative estimate of drug-likeness (QED) is 0.621. The summed E-state index contributed by atoms with van der Waals surface area (Å²) in [5.41, 5.74) is 1.62. The van der Waals surface area contributed by atoms with Crippen molar-refractivity contribution in [3.63, 3.8) is 0 Å². The van der Waals surface area contributed by atoms with Crippen LogP contribution in [-0.2, 0) is 6.42 Å². The SMILES string of the molecule is O=c1[nH]c(Cc2ccc(-n3cccc3)cc2)nc2cc(F)c(F)cc12. The molecule has 4 nitrogen and oxygen atoms in total. The van der Waals surface area contributed by atoms with Crippen LogP contribution in [0.2, 0.25) is 0 Å². The lowest BCUT2D eigenvalue weighted by Crippen LogP contribution is -2.13. The van der Waals surface area contributed by atoms with Crippen LogP contribution < -0.4 is 5.56 Å². The summed E-state index contributed by atoms with van der Waals surface area (Å²) in [6, 6.07) is 13.5. The molecule has 0 spiro atoms. The maximum absolute atomic E-state index is 13.4. The van der Waals surface area contributed by atoms with Gasteiger partial charge in [0.1, 0.15) is 5.82 Å². The Morgan fingerprint density at radius 2 is 1.68 bits per heavy atom. The van der Waals surface area contributed by atoms with Gasteiger partial charge in [-0.05, 0) is 35.9 Å². The Morgan fingerprint density at radius 1 is 1.00 bits per heavy atom. The molecule has 0 aliphatic rings. The highest BCUT2D eigenvalue weighted by atomic mass is 19.2. The summed E-state index contributed by atoms with van der Waals surface area (Å²) in [4.78, 5) is 18.9. The molecule has 25 heavy (non-hydrogen) atoms. The normalized spacial score (nSPS) is 11.1. The lowest BCUT2D eigenvalue weighted by Gasteiger charge is -2.06. The molecule has 0 fully saturated rings. The number of rotatable bonds is 3. The van der Waals surface area contributed by atoms with E-state index in [0.717, 1.165) is 23.4 Å². The first-order chi connectivity index (χ1) is 12.1. The molecular weight excluding hydrogens is 324 g/mol. The van der Waals surface area contributed by atoms with Gasteiger partial charge in [0, 0.05) is 30.6 Å². The molecule has 1 N–H and O–H groups in total. The molecule has 0 bridgehead atoms. The summed E-state index contributed by atoms with van der Waals surface area (Å²) >= 11 is 0. The van der Waals surface area contributed by atoms with Crippen LogP contribution in [0.3, 0.4) is 0 Å². The number of hydrogen-bond donors (Lipinski definition) is 1. The third-order valence-corrected chi connectivity index (χ3v) is 4.01. The molecule has 124 valence electrons. The van der Waals surface area contributed by atoms with Crippen molar-refractivity contribution in [3.05, 3.63) is 94.3 Å². The van der Waals surface area contributed by atoms with Gasteiger partial charge in [-0.3, -0.25) is 4.79 Å². The molecule has 0 aliphatic carbocycles. The minimum Gasteiger partial charge on any atom is -0.324 e. The van der Waals surface area contributed by atoms with Crippen LogP contribution in [0.15, 0.2) is 65.7 Å². The average molecular weight is 337 g/mol. The van der Waals surface area contributed by atoms with Crippen LogP contribution in [-0.4, -0.2) is 14.5 Å². The van der Waals surface area contributed by atoms with Gasteiger partial charge in [-0.15, -0.1) is 0 Å². The van der Waals surface area contributed by atoms with E-state index in [1.807, 2.05) is 53.4 Å². The second-order valence-electron chi connectivity index (χ2n) is 5.73. The Hall–Kier alpha value is -3.28. The minimum atomic E-state index is -1.06. The molecule has 2 aromatic heterocycles. The standard InChI is InChI=1S/C19H13F2N3O/c20-15-10-14-17(11-16(15)21)22-18(23-19(14)25)9-12-3-5-13(6-4-12)24-7-1-2-8-24/h1-8,10-11H,9H2,(H,22,23,25). The molecule has 0 unspecified atom stereocenters. The van der Waals surface area contributed by atoms with E-state index in [1.54, 1.807) is 0 Å². The van der Waals surface area contributed by atoms with Gasteiger partial charge in [-0.2, -0.15) is 0 Å². The fourth-order valence-electron chi connectivity index (χ4n) is 2.75. The van der Waals surface area contributed by atoms with Crippen LogP contribution in [0.5, 0.6) is 0 Å². The molecule has 0 saturated heterocycles. The molecule has 6 heteroatoms. The molecule has 0 radical (unpaired) electrons. The third kappa shape index (κ3) is 2.94. The maximum atomic E-state index is 13.4. The van der Waals surface area contributed by atoms with Gasteiger partial charge in [0.05, 0.1) is 10.9 Å². The average Bonchev–Trinajstić information content (AvgIpc) is 3.12. The van der Waals surface area contributed by atoms with E-state index in [9.17, 15) is 13.6 Å². The van der Waals surface area contributed by atoms with Crippen molar-refractivity contribution in [3.8, 4) is 5.69 Å². The lowest BCUT2D eigenvalue weighted by molar-refractivity contribution is 0.510. The van der Waals surface area contributed by atoms with E-state index in [2.05, 4.69) is 9.97 Å². The van der Waals surface area contributed by atoms with E-state index >= 15 is 0 Å². The van der Waals surface area contributed by atoms with Crippen LogP contribution in [0.1, 0.15) is 11.4 Å². The Morgan fingerprint density at radius 3 is 2.40 bits per heavy atom. The molecule has 2 heterocycles. The summed E-state index contributed by atoms with van der Waals surface area (Å²) < 4.78 is 28.6. The molecule has 0 aliphatic heterocycles. The number of fused-ring (bicyclic) bond motifs is 1. The molecule has 0 saturated carbocycles. The largest absolute Gasteiger partial charge is 0.324 e. The van der Waals surface area contributed by atoms with Gasteiger partial charge < -0.3 is 9.55 Å². The predicted octanol–water partition coefficient (Wildman–Crippen LogP) is 3.58. The summed E-state index contributed by atoms with van der Waals surface area (Å²) in [6.07, 6.45) is 4.28. The first kappa shape index (κ1) is 15.3. The van der Waals surface area contributed by atoms with Gasteiger partial charge in [0.15, 0.2) is 11.6 Å². The number of hydrogen-bond acceptors (Lipinski definition) is 2. The van der Waals surface area contributed by atoms with E-state index in [4.69, 9.17) is 0 Å².